The van der Waals surface area contributed by atoms with E-state index in [9.17, 15) is 9.90 Å². The minimum atomic E-state index is -0.259. The summed E-state index contributed by atoms with van der Waals surface area (Å²) in [5, 5.41) is 19.2. The second-order valence-corrected chi connectivity index (χ2v) is 9.59. The van der Waals surface area contributed by atoms with Gasteiger partial charge in [-0.05, 0) is 87.9 Å². The third-order valence-corrected chi connectivity index (χ3v) is 6.65. The summed E-state index contributed by atoms with van der Waals surface area (Å²) >= 11 is 7.90. The number of benzene rings is 2. The smallest absolute Gasteiger partial charge is 0.267 e. The zero-order valence-electron chi connectivity index (χ0n) is 17.2. The lowest BCUT2D eigenvalue weighted by atomic mass is 10.2. The van der Waals surface area contributed by atoms with Gasteiger partial charge < -0.3 is 14.3 Å². The molecule has 1 saturated heterocycles. The van der Waals surface area contributed by atoms with Crippen LogP contribution in [0.1, 0.15) is 16.9 Å². The van der Waals surface area contributed by atoms with Crippen LogP contribution in [0.5, 0.6) is 11.5 Å². The van der Waals surface area contributed by atoms with Crippen molar-refractivity contribution in [3.8, 4) is 11.5 Å². The molecule has 3 aromatic rings. The molecule has 1 fully saturated rings. The number of phenolic OH excluding ortho intramolecular Hbond substituents is 1. The van der Waals surface area contributed by atoms with Gasteiger partial charge in [0.2, 0.25) is 0 Å². The molecule has 168 valence electrons. The van der Waals surface area contributed by atoms with Gasteiger partial charge in [0, 0.05) is 10.0 Å². The Balaban J connectivity index is 1.64. The molecule has 0 atom stereocenters. The summed E-state index contributed by atoms with van der Waals surface area (Å²) in [7, 11) is 1.61. The summed E-state index contributed by atoms with van der Waals surface area (Å²) in [4.78, 5) is 15.1. The minimum absolute atomic E-state index is 0.0413. The number of nitrogens with zero attached hydrogens (tertiary/aromatic N) is 3. The van der Waals surface area contributed by atoms with Gasteiger partial charge in [-0.1, -0.05) is 15.9 Å². The third kappa shape index (κ3) is 5.58. The molecule has 7 nitrogen and oxygen atoms in total. The maximum absolute atomic E-state index is 13.2. The van der Waals surface area contributed by atoms with E-state index in [4.69, 9.17) is 9.15 Å². The number of hydrogen-bond acceptors (Lipinski definition) is 7. The molecule has 1 aromatic heterocycles. The largest absolute Gasteiger partial charge is 0.506 e. The zero-order valence-corrected chi connectivity index (χ0v) is 21.2. The van der Waals surface area contributed by atoms with E-state index in [0.29, 0.717) is 25.9 Å². The minimum Gasteiger partial charge on any atom is -0.506 e. The quantitative estimate of drug-likeness (QED) is 0.215. The predicted molar refractivity (Wildman–Crippen MR) is 136 cm³/mol. The zero-order chi connectivity index (χ0) is 23.4. The standard InChI is InChI=1S/C23H17Br2N3O4S/c1-31-17-6-4-14(5-7-17)12-26-27-23-28(13-18-3-2-8-32-18)22(30)20(33-23)10-15-9-16(24)11-19(25)21(15)29/h2-12,29H,13H2,1H3/b20-10-,26-12+,27-23-. The Bertz CT molecular complexity index is 1260. The highest BCUT2D eigenvalue weighted by atomic mass is 79.9. The van der Waals surface area contributed by atoms with Crippen LogP contribution in [-0.4, -0.2) is 34.4 Å². The van der Waals surface area contributed by atoms with E-state index < -0.39 is 0 Å². The Kier molecular flexibility index (Phi) is 7.36. The molecule has 1 aliphatic heterocycles. The summed E-state index contributed by atoms with van der Waals surface area (Å²) < 4.78 is 11.8. The Hall–Kier alpha value is -2.82. The van der Waals surface area contributed by atoms with Crippen LogP contribution in [0.25, 0.3) is 6.08 Å². The maximum atomic E-state index is 13.2. The highest BCUT2D eigenvalue weighted by Crippen LogP contribution is 2.38. The average molecular weight is 591 g/mol. The number of phenols is 1. The molecule has 2 heterocycles. The molecular weight excluding hydrogens is 574 g/mol. The Morgan fingerprint density at radius 2 is 2.00 bits per heavy atom. The molecule has 0 radical (unpaired) electrons. The first-order chi connectivity index (χ1) is 15.9. The second-order valence-electron chi connectivity index (χ2n) is 6.81. The van der Waals surface area contributed by atoms with E-state index in [1.165, 1.54) is 16.7 Å². The number of halogens is 2. The first kappa shape index (κ1) is 23.3. The van der Waals surface area contributed by atoms with Gasteiger partial charge >= 0.3 is 0 Å². The molecule has 0 saturated carbocycles. The molecule has 0 aliphatic carbocycles. The summed E-state index contributed by atoms with van der Waals surface area (Å²) in [5.74, 6) is 1.15. The lowest BCUT2D eigenvalue weighted by Crippen LogP contribution is -2.28. The molecular formula is C23H17Br2N3O4S. The van der Waals surface area contributed by atoms with Gasteiger partial charge in [-0.2, -0.15) is 5.10 Å². The maximum Gasteiger partial charge on any atom is 0.267 e. The van der Waals surface area contributed by atoms with Gasteiger partial charge in [0.1, 0.15) is 17.3 Å². The summed E-state index contributed by atoms with van der Waals surface area (Å²) in [6.07, 6.45) is 4.78. The first-order valence-corrected chi connectivity index (χ1v) is 12.0. The van der Waals surface area contributed by atoms with E-state index in [-0.39, 0.29) is 18.2 Å². The van der Waals surface area contributed by atoms with Gasteiger partial charge in [-0.25, -0.2) is 0 Å². The number of carbonyl (C=O) groups is 1. The number of amidine groups is 1. The van der Waals surface area contributed by atoms with Crippen LogP contribution in [-0.2, 0) is 11.3 Å². The predicted octanol–water partition coefficient (Wildman–Crippen LogP) is 6.03. The van der Waals surface area contributed by atoms with Crippen LogP contribution in [0.3, 0.4) is 0 Å². The third-order valence-electron chi connectivity index (χ3n) is 4.59. The summed E-state index contributed by atoms with van der Waals surface area (Å²) in [6, 6.07) is 14.4. The van der Waals surface area contributed by atoms with Crippen LogP contribution in [0, 0.1) is 0 Å². The van der Waals surface area contributed by atoms with E-state index >= 15 is 0 Å². The lowest BCUT2D eigenvalue weighted by molar-refractivity contribution is -0.122. The fourth-order valence-corrected chi connectivity index (χ4v) is 5.14. The molecule has 10 heteroatoms. The SMILES string of the molecule is COc1ccc(/C=N/N=C2\S/C(=C\c3cc(Br)cc(Br)c3O)C(=O)N2Cc2ccco2)cc1. The van der Waals surface area contributed by atoms with E-state index in [1.807, 2.05) is 24.3 Å². The van der Waals surface area contributed by atoms with Crippen molar-refractivity contribution in [1.82, 2.24) is 4.90 Å². The van der Waals surface area contributed by atoms with Gasteiger partial charge in [-0.3, -0.25) is 9.69 Å². The Morgan fingerprint density at radius 3 is 2.70 bits per heavy atom. The van der Waals surface area contributed by atoms with Crippen LogP contribution in [0.2, 0.25) is 0 Å². The molecule has 2 aromatic carbocycles. The van der Waals surface area contributed by atoms with Crippen LogP contribution in [0.15, 0.2) is 83.3 Å². The van der Waals surface area contributed by atoms with Gasteiger partial charge in [-0.15, -0.1) is 5.10 Å². The van der Waals surface area contributed by atoms with Crippen LogP contribution in [0.4, 0.5) is 0 Å². The van der Waals surface area contributed by atoms with Gasteiger partial charge in [0.25, 0.3) is 5.91 Å². The molecule has 1 amide bonds. The normalized spacial score (nSPS) is 16.5. The van der Waals surface area contributed by atoms with Crippen molar-refractivity contribution in [3.05, 3.63) is 85.5 Å². The van der Waals surface area contributed by atoms with Gasteiger partial charge in [0.05, 0.1) is 35.5 Å². The summed E-state index contributed by atoms with van der Waals surface area (Å²) in [6.45, 7) is 0.210. The molecule has 33 heavy (non-hydrogen) atoms. The fraction of sp³-hybridized carbons (Fsp3) is 0.0870. The highest BCUT2D eigenvalue weighted by Gasteiger charge is 2.34. The molecule has 0 spiro atoms. The Morgan fingerprint density at radius 1 is 1.21 bits per heavy atom. The molecule has 4 rings (SSSR count). The number of methoxy groups -OCH3 is 1. The number of furan rings is 1. The van der Waals surface area contributed by atoms with Crippen LogP contribution >= 0.6 is 43.6 Å². The van der Waals surface area contributed by atoms with Crippen LogP contribution < -0.4 is 4.74 Å². The monoisotopic (exact) mass is 589 g/mol. The van der Waals surface area contributed by atoms with Crippen molar-refractivity contribution in [2.24, 2.45) is 10.2 Å². The fourth-order valence-electron chi connectivity index (χ4n) is 2.95. The van der Waals surface area contributed by atoms with E-state index in [0.717, 1.165) is 15.8 Å². The molecule has 0 bridgehead atoms. The average Bonchev–Trinajstić information content (AvgIpc) is 3.42. The number of carbonyl (C=O) groups excluding carboxylic acids is 1. The van der Waals surface area contributed by atoms with Crippen molar-refractivity contribution in [1.29, 1.82) is 0 Å². The topological polar surface area (TPSA) is 87.6 Å². The van der Waals surface area contributed by atoms with E-state index in [1.54, 1.807) is 49.9 Å². The number of ether oxygens (including phenoxy) is 1. The molecule has 1 N–H and O–H groups in total. The number of thioether (sulfide) groups is 1. The number of amides is 1. The van der Waals surface area contributed by atoms with Crippen molar-refractivity contribution in [2.75, 3.05) is 7.11 Å². The van der Waals surface area contributed by atoms with Crippen molar-refractivity contribution in [3.63, 3.8) is 0 Å². The number of rotatable bonds is 6. The highest BCUT2D eigenvalue weighted by molar-refractivity contribution is 9.11. The second kappa shape index (κ2) is 10.4. The van der Waals surface area contributed by atoms with Crippen molar-refractivity contribution >= 4 is 67.0 Å². The summed E-state index contributed by atoms with van der Waals surface area (Å²) in [5.41, 5.74) is 1.33. The molecule has 0 unspecified atom stereocenters. The van der Waals surface area contributed by atoms with E-state index in [2.05, 4.69) is 42.1 Å². The van der Waals surface area contributed by atoms with Crippen molar-refractivity contribution in [2.45, 2.75) is 6.54 Å². The number of hydrogen-bond donors (Lipinski definition) is 1. The van der Waals surface area contributed by atoms with Crippen molar-refractivity contribution < 1.29 is 19.1 Å². The number of aromatic hydroxyl groups is 1. The van der Waals surface area contributed by atoms with Gasteiger partial charge in [0.15, 0.2) is 5.17 Å². The molecule has 1 aliphatic rings. The lowest BCUT2D eigenvalue weighted by Gasteiger charge is -2.12. The Labute approximate surface area is 211 Å². The first-order valence-electron chi connectivity index (χ1n) is 9.61.